The maximum absolute atomic E-state index is 14.7. The van der Waals surface area contributed by atoms with Gasteiger partial charge in [-0.25, -0.2) is 26.9 Å². The lowest BCUT2D eigenvalue weighted by Gasteiger charge is -2.39. The monoisotopic (exact) mass is 656 g/mol. The molecule has 2 N–H and O–H groups in total. The van der Waals surface area contributed by atoms with Crippen molar-refractivity contribution in [3.63, 3.8) is 0 Å². The summed E-state index contributed by atoms with van der Waals surface area (Å²) in [6, 6.07) is 12.5. The Morgan fingerprint density at radius 1 is 1.16 bits per heavy atom. The van der Waals surface area contributed by atoms with Crippen molar-refractivity contribution in [1.29, 1.82) is 5.26 Å². The van der Waals surface area contributed by atoms with E-state index < -0.39 is 64.6 Å². The van der Waals surface area contributed by atoms with E-state index in [0.29, 0.717) is 0 Å². The second kappa shape index (κ2) is 12.5. The molecule has 11 nitrogen and oxygen atoms in total. The summed E-state index contributed by atoms with van der Waals surface area (Å²) in [4.78, 5) is 48.0. The lowest BCUT2D eigenvalue weighted by atomic mass is 9.87. The van der Waals surface area contributed by atoms with Crippen molar-refractivity contribution in [3.8, 4) is 6.07 Å². The number of nitriles is 1. The Balaban J connectivity index is 1.67. The van der Waals surface area contributed by atoms with Gasteiger partial charge < -0.3 is 5.32 Å². The van der Waals surface area contributed by atoms with Gasteiger partial charge in [0.25, 0.3) is 11.8 Å². The van der Waals surface area contributed by atoms with Crippen LogP contribution in [0.4, 0.5) is 20.3 Å². The number of amides is 3. The van der Waals surface area contributed by atoms with Crippen LogP contribution in [0.25, 0.3) is 0 Å². The number of nitrogens with zero attached hydrogens (tertiary/aromatic N) is 4. The molecule has 0 radical (unpaired) electrons. The van der Waals surface area contributed by atoms with Gasteiger partial charge in [0, 0.05) is 47.8 Å². The summed E-state index contributed by atoms with van der Waals surface area (Å²) >= 11 is 6.55. The maximum atomic E-state index is 14.7. The van der Waals surface area contributed by atoms with E-state index in [-0.39, 0.29) is 45.4 Å². The van der Waals surface area contributed by atoms with Gasteiger partial charge in [-0.3, -0.25) is 24.2 Å². The van der Waals surface area contributed by atoms with Crippen molar-refractivity contribution in [2.75, 3.05) is 16.8 Å². The molecule has 1 aliphatic carbocycles. The van der Waals surface area contributed by atoms with Crippen molar-refractivity contribution in [1.82, 2.24) is 15.0 Å². The first-order valence-electron chi connectivity index (χ1n) is 13.8. The Hall–Kier alpha value is -4.45. The maximum Gasteiger partial charge on any atom is 0.252 e. The summed E-state index contributed by atoms with van der Waals surface area (Å²) in [6.45, 7) is 0. The zero-order valence-corrected chi connectivity index (χ0v) is 25.4. The Kier molecular flexibility index (Phi) is 8.88. The highest BCUT2D eigenvalue weighted by molar-refractivity contribution is 7.89. The molecule has 15 heteroatoms. The van der Waals surface area contributed by atoms with Gasteiger partial charge in [-0.1, -0.05) is 35.9 Å². The van der Waals surface area contributed by atoms with E-state index >= 15 is 0 Å². The van der Waals surface area contributed by atoms with E-state index in [9.17, 15) is 36.8 Å². The van der Waals surface area contributed by atoms with Gasteiger partial charge in [-0.2, -0.15) is 5.26 Å². The third-order valence-electron chi connectivity index (χ3n) is 7.67. The standard InChI is InChI=1S/C30H27ClF2N6O5S/c1-35-45(43,44)21-6-4-5-20(14-21)38(29(42)24-9-10-26(40)39(24)25-13-18(17-34)11-12-36-25)27(22-7-2-3-8-23(22)31)28(41)37-19-15-30(32,33)16-19/h2-8,11-14,19,24,27,35H,9-10,15-16H2,1H3,(H,37,41). The normalized spacial score (nSPS) is 18.5. The van der Waals surface area contributed by atoms with Crippen LogP contribution < -0.4 is 19.8 Å². The molecule has 1 aliphatic heterocycles. The molecule has 0 spiro atoms. The first-order valence-corrected chi connectivity index (χ1v) is 15.7. The SMILES string of the molecule is CNS(=O)(=O)c1cccc(N(C(=O)C2CCC(=O)N2c2cc(C#N)ccn2)C(C(=O)NC2CC(F)(F)C2)c2ccccc2Cl)c1. The molecular formula is C30H27ClF2N6O5S. The third kappa shape index (κ3) is 6.51. The van der Waals surface area contributed by atoms with Crippen molar-refractivity contribution < 1.29 is 31.6 Å². The molecule has 3 amide bonds. The van der Waals surface area contributed by atoms with Crippen molar-refractivity contribution in [2.45, 2.75) is 54.6 Å². The summed E-state index contributed by atoms with van der Waals surface area (Å²) in [5.74, 6) is -4.99. The molecule has 0 bridgehead atoms. The minimum absolute atomic E-state index is 0.00679. The van der Waals surface area contributed by atoms with Crippen molar-refractivity contribution in [3.05, 3.63) is 83.0 Å². The molecule has 2 aliphatic rings. The summed E-state index contributed by atoms with van der Waals surface area (Å²) in [5, 5.41) is 12.1. The number of hydrogen-bond donors (Lipinski definition) is 2. The van der Waals surface area contributed by atoms with Crippen LogP contribution in [0, 0.1) is 11.3 Å². The smallest absolute Gasteiger partial charge is 0.252 e. The number of halogens is 3. The first kappa shape index (κ1) is 32.0. The van der Waals surface area contributed by atoms with Crippen LogP contribution >= 0.6 is 11.6 Å². The second-order valence-corrected chi connectivity index (χ2v) is 12.9. The molecule has 2 unspecified atom stereocenters. The fourth-order valence-corrected chi connectivity index (χ4v) is 6.45. The number of sulfonamides is 1. The molecule has 3 aromatic rings. The predicted octanol–water partition coefficient (Wildman–Crippen LogP) is 3.70. The molecule has 45 heavy (non-hydrogen) atoms. The number of pyridine rings is 1. The Morgan fingerprint density at radius 3 is 2.56 bits per heavy atom. The number of hydrogen-bond acceptors (Lipinski definition) is 7. The number of aromatic nitrogens is 1. The summed E-state index contributed by atoms with van der Waals surface area (Å²) in [5.41, 5.74) is 0.296. The average molecular weight is 657 g/mol. The topological polar surface area (TPSA) is 153 Å². The van der Waals surface area contributed by atoms with E-state index in [1.165, 1.54) is 61.8 Å². The number of alkyl halides is 2. The quantitative estimate of drug-likeness (QED) is 0.356. The minimum Gasteiger partial charge on any atom is -0.351 e. The summed E-state index contributed by atoms with van der Waals surface area (Å²) in [7, 11) is -2.81. The first-order chi connectivity index (χ1) is 21.3. The van der Waals surface area contributed by atoms with Gasteiger partial charge in [-0.15, -0.1) is 0 Å². The second-order valence-electron chi connectivity index (χ2n) is 10.6. The highest BCUT2D eigenvalue weighted by Gasteiger charge is 2.48. The van der Waals surface area contributed by atoms with Crippen LogP contribution in [0.15, 0.2) is 71.8 Å². The third-order valence-corrected chi connectivity index (χ3v) is 9.43. The number of anilines is 2. The molecule has 5 rings (SSSR count). The fourth-order valence-electron chi connectivity index (χ4n) is 5.44. The zero-order chi connectivity index (χ0) is 32.5. The van der Waals surface area contributed by atoms with Crippen LogP contribution in [0.2, 0.25) is 5.02 Å². The van der Waals surface area contributed by atoms with Gasteiger partial charge in [0.05, 0.1) is 16.5 Å². The fraction of sp³-hybridized carbons (Fsp3) is 0.300. The summed E-state index contributed by atoms with van der Waals surface area (Å²) < 4.78 is 55.1. The van der Waals surface area contributed by atoms with E-state index in [0.717, 1.165) is 9.80 Å². The molecule has 2 heterocycles. The van der Waals surface area contributed by atoms with Gasteiger partial charge in [0.1, 0.15) is 17.9 Å². The van der Waals surface area contributed by atoms with E-state index in [2.05, 4.69) is 15.0 Å². The Bertz CT molecular complexity index is 1810. The van der Waals surface area contributed by atoms with E-state index in [4.69, 9.17) is 11.6 Å². The van der Waals surface area contributed by atoms with Crippen LogP contribution in [-0.2, 0) is 24.4 Å². The molecule has 1 saturated carbocycles. The number of carbonyl (C=O) groups is 3. The Morgan fingerprint density at radius 2 is 1.89 bits per heavy atom. The highest BCUT2D eigenvalue weighted by Crippen LogP contribution is 2.40. The van der Waals surface area contributed by atoms with Gasteiger partial charge >= 0.3 is 0 Å². The van der Waals surface area contributed by atoms with Crippen molar-refractivity contribution in [2.24, 2.45) is 0 Å². The van der Waals surface area contributed by atoms with Crippen LogP contribution in [-0.4, -0.2) is 56.2 Å². The molecular weight excluding hydrogens is 630 g/mol. The van der Waals surface area contributed by atoms with Crippen LogP contribution in [0.5, 0.6) is 0 Å². The van der Waals surface area contributed by atoms with Gasteiger partial charge in [-0.05, 0) is 49.9 Å². The zero-order valence-electron chi connectivity index (χ0n) is 23.8. The van der Waals surface area contributed by atoms with Crippen LogP contribution in [0.1, 0.15) is 42.9 Å². The number of benzene rings is 2. The lowest BCUT2D eigenvalue weighted by molar-refractivity contribution is -0.133. The Labute approximate surface area is 262 Å². The molecule has 2 atom stereocenters. The summed E-state index contributed by atoms with van der Waals surface area (Å²) in [6.07, 6.45) is 0.0797. The van der Waals surface area contributed by atoms with Gasteiger partial charge in [0.15, 0.2) is 0 Å². The number of carbonyl (C=O) groups excluding carboxylic acids is 3. The molecule has 1 saturated heterocycles. The highest BCUT2D eigenvalue weighted by atomic mass is 35.5. The van der Waals surface area contributed by atoms with Crippen LogP contribution in [0.3, 0.4) is 0 Å². The van der Waals surface area contributed by atoms with Crippen molar-refractivity contribution >= 4 is 50.9 Å². The molecule has 2 fully saturated rings. The number of nitrogens with one attached hydrogen (secondary N) is 2. The molecule has 1 aromatic heterocycles. The van der Waals surface area contributed by atoms with E-state index in [1.54, 1.807) is 12.1 Å². The van der Waals surface area contributed by atoms with Gasteiger partial charge in [0.2, 0.25) is 21.8 Å². The predicted molar refractivity (Wildman–Crippen MR) is 160 cm³/mol. The molecule has 2 aromatic carbocycles. The van der Waals surface area contributed by atoms with E-state index in [1.807, 2.05) is 6.07 Å². The number of rotatable bonds is 9. The largest absolute Gasteiger partial charge is 0.351 e. The lowest BCUT2D eigenvalue weighted by Crippen LogP contribution is -2.56. The average Bonchev–Trinajstić information content (AvgIpc) is 3.40. The minimum atomic E-state index is -4.02. The molecule has 234 valence electrons.